The number of hydrogen-bond donors (Lipinski definition) is 0. The van der Waals surface area contributed by atoms with E-state index in [0.717, 1.165) is 5.69 Å². The second kappa shape index (κ2) is 5.48. The van der Waals surface area contributed by atoms with Crippen LogP contribution in [0.4, 0.5) is 0 Å². The van der Waals surface area contributed by atoms with E-state index in [1.54, 1.807) is 19.1 Å². The van der Waals surface area contributed by atoms with Crippen molar-refractivity contribution in [3.63, 3.8) is 0 Å². The van der Waals surface area contributed by atoms with Crippen molar-refractivity contribution in [1.82, 2.24) is 9.38 Å². The van der Waals surface area contributed by atoms with Crippen LogP contribution in [-0.4, -0.2) is 15.4 Å². The van der Waals surface area contributed by atoms with Crippen molar-refractivity contribution in [3.8, 4) is 0 Å². The van der Waals surface area contributed by atoms with Crippen molar-refractivity contribution in [2.24, 2.45) is 0 Å². The number of allylic oxidation sites excluding steroid dienone is 1. The second-order valence-electron chi connectivity index (χ2n) is 4.05. The number of aromatic nitrogens is 2. The van der Waals surface area contributed by atoms with Crippen molar-refractivity contribution in [2.75, 3.05) is 0 Å². The molecule has 0 fully saturated rings. The van der Waals surface area contributed by atoms with E-state index < -0.39 is 5.97 Å². The Morgan fingerprint density at radius 3 is 3.00 bits per heavy atom. The summed E-state index contributed by atoms with van der Waals surface area (Å²) in [4.78, 5) is 27.4. The minimum Gasteiger partial charge on any atom is -0.456 e. The Kier molecular flexibility index (Phi) is 3.75. The minimum absolute atomic E-state index is 0.0111. The molecule has 2 aromatic heterocycles. The van der Waals surface area contributed by atoms with Gasteiger partial charge in [-0.15, -0.1) is 0 Å². The van der Waals surface area contributed by atoms with E-state index >= 15 is 0 Å². The summed E-state index contributed by atoms with van der Waals surface area (Å²) in [6.45, 7) is 3.55. The summed E-state index contributed by atoms with van der Waals surface area (Å²) in [5.41, 5.74) is 1.62. The van der Waals surface area contributed by atoms with Crippen LogP contribution < -0.4 is 5.56 Å². The molecule has 0 amide bonds. The Morgan fingerprint density at radius 2 is 2.26 bits per heavy atom. The summed E-state index contributed by atoms with van der Waals surface area (Å²) >= 11 is 0. The van der Waals surface area contributed by atoms with Gasteiger partial charge in [-0.05, 0) is 26.0 Å². The third kappa shape index (κ3) is 2.88. The number of nitrogens with zero attached hydrogens (tertiary/aromatic N) is 2. The molecule has 0 aliphatic carbocycles. The molecule has 0 N–H and O–H groups in total. The number of carbonyl (C=O) groups excluding carboxylic acids is 1. The highest BCUT2D eigenvalue weighted by atomic mass is 16.5. The van der Waals surface area contributed by atoms with E-state index in [9.17, 15) is 9.59 Å². The Labute approximate surface area is 110 Å². The van der Waals surface area contributed by atoms with Gasteiger partial charge in [-0.25, -0.2) is 9.78 Å². The van der Waals surface area contributed by atoms with Crippen LogP contribution in [0.2, 0.25) is 0 Å². The smallest absolute Gasteiger partial charge is 0.330 e. The lowest BCUT2D eigenvalue weighted by molar-refractivity contribution is -0.139. The summed E-state index contributed by atoms with van der Waals surface area (Å²) in [5.74, 6) is -0.450. The lowest BCUT2D eigenvalue weighted by atomic mass is 10.3. The fourth-order valence-electron chi connectivity index (χ4n) is 1.77. The summed E-state index contributed by atoms with van der Waals surface area (Å²) in [6, 6.07) is 6.78. The third-order valence-electron chi connectivity index (χ3n) is 2.60. The minimum atomic E-state index is -0.450. The van der Waals surface area contributed by atoms with Gasteiger partial charge in [0.1, 0.15) is 12.3 Å². The number of ether oxygens (including phenoxy) is 1. The van der Waals surface area contributed by atoms with Crippen LogP contribution in [0.3, 0.4) is 0 Å². The summed E-state index contributed by atoms with van der Waals surface area (Å²) in [6.07, 6.45) is 2.91. The molecule has 0 saturated carbocycles. The Bertz CT molecular complexity index is 701. The standard InChI is InChI=1S/C14H14N2O3/c1-3-5-14(18)19-9-11-8-13(17)16-10(2)6-4-7-12(16)15-11/h3-8H,9H2,1-2H3/b5-3+. The number of carbonyl (C=O) groups is 1. The van der Waals surface area contributed by atoms with Crippen molar-refractivity contribution < 1.29 is 9.53 Å². The average molecular weight is 258 g/mol. The predicted molar refractivity (Wildman–Crippen MR) is 70.8 cm³/mol. The van der Waals surface area contributed by atoms with Crippen LogP contribution in [0.1, 0.15) is 18.3 Å². The number of fused-ring (bicyclic) bond motifs is 1. The van der Waals surface area contributed by atoms with E-state index in [0.29, 0.717) is 11.3 Å². The normalized spacial score (nSPS) is 11.1. The van der Waals surface area contributed by atoms with E-state index in [2.05, 4.69) is 4.98 Å². The third-order valence-corrected chi connectivity index (χ3v) is 2.60. The molecule has 0 saturated heterocycles. The lowest BCUT2D eigenvalue weighted by Gasteiger charge is -2.06. The van der Waals surface area contributed by atoms with Crippen LogP contribution >= 0.6 is 0 Å². The number of esters is 1. The zero-order valence-electron chi connectivity index (χ0n) is 10.8. The quantitative estimate of drug-likeness (QED) is 0.620. The van der Waals surface area contributed by atoms with Crippen LogP contribution in [-0.2, 0) is 16.1 Å². The van der Waals surface area contributed by atoms with Crippen molar-refractivity contribution in [2.45, 2.75) is 20.5 Å². The fraction of sp³-hybridized carbons (Fsp3) is 0.214. The number of aryl methyl sites for hydroxylation is 1. The maximum Gasteiger partial charge on any atom is 0.330 e. The number of pyridine rings is 1. The van der Waals surface area contributed by atoms with E-state index in [4.69, 9.17) is 4.74 Å². The van der Waals surface area contributed by atoms with E-state index in [1.165, 1.54) is 16.5 Å². The molecule has 0 bridgehead atoms. The molecule has 19 heavy (non-hydrogen) atoms. The monoisotopic (exact) mass is 258 g/mol. The molecule has 0 aromatic carbocycles. The van der Waals surface area contributed by atoms with Gasteiger partial charge in [-0.2, -0.15) is 0 Å². The van der Waals surface area contributed by atoms with Crippen molar-refractivity contribution >= 4 is 11.6 Å². The first-order chi connectivity index (χ1) is 9.11. The molecule has 2 aromatic rings. The van der Waals surface area contributed by atoms with Gasteiger partial charge in [0.05, 0.1) is 5.69 Å². The van der Waals surface area contributed by atoms with Crippen LogP contribution in [0.5, 0.6) is 0 Å². The van der Waals surface area contributed by atoms with Crippen LogP contribution in [0.25, 0.3) is 5.65 Å². The highest BCUT2D eigenvalue weighted by Gasteiger charge is 2.05. The first kappa shape index (κ1) is 13.0. The van der Waals surface area contributed by atoms with Gasteiger partial charge >= 0.3 is 5.97 Å². The van der Waals surface area contributed by atoms with Gasteiger partial charge < -0.3 is 4.74 Å². The average Bonchev–Trinajstić information content (AvgIpc) is 2.36. The largest absolute Gasteiger partial charge is 0.456 e. The zero-order chi connectivity index (χ0) is 13.8. The zero-order valence-corrected chi connectivity index (χ0v) is 10.8. The SMILES string of the molecule is C/C=C/C(=O)OCc1cc(=O)n2c(C)cccc2n1. The summed E-state index contributed by atoms with van der Waals surface area (Å²) in [5, 5.41) is 0. The summed E-state index contributed by atoms with van der Waals surface area (Å²) in [7, 11) is 0. The van der Waals surface area contributed by atoms with Crippen molar-refractivity contribution in [3.05, 3.63) is 58.2 Å². The van der Waals surface area contributed by atoms with Gasteiger partial charge in [0.15, 0.2) is 0 Å². The van der Waals surface area contributed by atoms with E-state index in [1.807, 2.05) is 19.1 Å². The molecule has 98 valence electrons. The predicted octanol–water partition coefficient (Wildman–Crippen LogP) is 1.62. The molecule has 2 rings (SSSR count). The molecule has 0 unspecified atom stereocenters. The van der Waals surface area contributed by atoms with Crippen LogP contribution in [0.15, 0.2) is 41.2 Å². The molecule has 0 atom stereocenters. The number of hydrogen-bond acceptors (Lipinski definition) is 4. The van der Waals surface area contributed by atoms with E-state index in [-0.39, 0.29) is 12.2 Å². The molecular weight excluding hydrogens is 244 g/mol. The van der Waals surface area contributed by atoms with Gasteiger partial charge in [-0.3, -0.25) is 9.20 Å². The lowest BCUT2D eigenvalue weighted by Crippen LogP contribution is -2.18. The molecule has 2 heterocycles. The maximum absolute atomic E-state index is 12.0. The molecule has 5 nitrogen and oxygen atoms in total. The Hall–Kier alpha value is -2.43. The molecular formula is C14H14N2O3. The fourth-order valence-corrected chi connectivity index (χ4v) is 1.77. The topological polar surface area (TPSA) is 60.7 Å². The number of rotatable bonds is 3. The first-order valence-electron chi connectivity index (χ1n) is 5.89. The second-order valence-corrected chi connectivity index (χ2v) is 4.05. The molecule has 0 aliphatic heterocycles. The highest BCUT2D eigenvalue weighted by molar-refractivity contribution is 5.81. The maximum atomic E-state index is 12.0. The van der Waals surface area contributed by atoms with Crippen molar-refractivity contribution in [1.29, 1.82) is 0 Å². The van der Waals surface area contributed by atoms with Gasteiger partial charge in [0.2, 0.25) is 0 Å². The van der Waals surface area contributed by atoms with Gasteiger partial charge in [-0.1, -0.05) is 12.1 Å². The molecule has 0 aliphatic rings. The molecule has 0 spiro atoms. The molecule has 0 radical (unpaired) electrons. The van der Waals surface area contributed by atoms with Gasteiger partial charge in [0.25, 0.3) is 5.56 Å². The molecule has 5 heteroatoms. The Morgan fingerprint density at radius 1 is 1.47 bits per heavy atom. The summed E-state index contributed by atoms with van der Waals surface area (Å²) < 4.78 is 6.48. The Balaban J connectivity index is 2.32. The first-order valence-corrected chi connectivity index (χ1v) is 5.89. The van der Waals surface area contributed by atoms with Crippen LogP contribution in [0, 0.1) is 6.92 Å². The highest BCUT2D eigenvalue weighted by Crippen LogP contribution is 2.04. The van der Waals surface area contributed by atoms with Gasteiger partial charge in [0, 0.05) is 17.8 Å².